The van der Waals surface area contributed by atoms with Gasteiger partial charge >= 0.3 is 12.2 Å². The highest BCUT2D eigenvalue weighted by atomic mass is 16.6. The Kier molecular flexibility index (Phi) is 14.4. The molecule has 10 nitrogen and oxygen atoms in total. The van der Waals surface area contributed by atoms with Gasteiger partial charge in [0, 0.05) is 11.4 Å². The summed E-state index contributed by atoms with van der Waals surface area (Å²) in [5.41, 5.74) is 2.04. The number of hydrogen-bond donors (Lipinski definition) is 4. The van der Waals surface area contributed by atoms with E-state index in [4.69, 9.17) is 9.47 Å². The summed E-state index contributed by atoms with van der Waals surface area (Å²) in [6.07, 6.45) is 3.81. The molecule has 0 aliphatic heterocycles. The van der Waals surface area contributed by atoms with E-state index in [1.807, 2.05) is 62.4 Å². The van der Waals surface area contributed by atoms with Crippen molar-refractivity contribution in [3.05, 3.63) is 59.7 Å². The maximum atomic E-state index is 13.0. The fourth-order valence-corrected chi connectivity index (χ4v) is 4.36. The normalized spacial score (nSPS) is 12.8. The van der Waals surface area contributed by atoms with Crippen molar-refractivity contribution in [2.45, 2.75) is 124 Å². The van der Waals surface area contributed by atoms with Gasteiger partial charge in [0.05, 0.1) is 0 Å². The van der Waals surface area contributed by atoms with Crippen LogP contribution in [0.2, 0.25) is 0 Å². The van der Waals surface area contributed by atoms with Crippen LogP contribution in [0.1, 0.15) is 105 Å². The zero-order chi connectivity index (χ0) is 33.6. The molecule has 0 aliphatic carbocycles. The minimum Gasteiger partial charge on any atom is -0.444 e. The van der Waals surface area contributed by atoms with Crippen LogP contribution in [0.4, 0.5) is 21.0 Å². The van der Waals surface area contributed by atoms with Crippen LogP contribution in [0.5, 0.6) is 0 Å². The summed E-state index contributed by atoms with van der Waals surface area (Å²) in [6, 6.07) is 13.7. The van der Waals surface area contributed by atoms with Gasteiger partial charge in [-0.25, -0.2) is 9.59 Å². The Hall–Kier alpha value is -4.08. The van der Waals surface area contributed by atoms with Crippen LogP contribution in [-0.2, 0) is 25.5 Å². The van der Waals surface area contributed by atoms with Gasteiger partial charge < -0.3 is 30.7 Å². The third-order valence-corrected chi connectivity index (χ3v) is 6.56. The van der Waals surface area contributed by atoms with E-state index in [1.54, 1.807) is 41.5 Å². The first kappa shape index (κ1) is 37.1. The van der Waals surface area contributed by atoms with Crippen molar-refractivity contribution >= 4 is 35.4 Å². The van der Waals surface area contributed by atoms with Crippen molar-refractivity contribution in [1.29, 1.82) is 0 Å². The summed E-state index contributed by atoms with van der Waals surface area (Å²) in [5.74, 6) is -0.587. The molecule has 45 heavy (non-hydrogen) atoms. The third-order valence-electron chi connectivity index (χ3n) is 6.56. The predicted molar refractivity (Wildman–Crippen MR) is 178 cm³/mol. The molecular formula is C35H52N4O6. The number of unbranched alkanes of at least 4 members (excludes halogenated alkanes) is 2. The van der Waals surface area contributed by atoms with Gasteiger partial charge in [-0.2, -0.15) is 0 Å². The van der Waals surface area contributed by atoms with Gasteiger partial charge in [0.15, 0.2) is 0 Å². The Morgan fingerprint density at radius 3 is 1.22 bits per heavy atom. The van der Waals surface area contributed by atoms with Crippen LogP contribution in [-0.4, -0.2) is 47.3 Å². The molecule has 248 valence electrons. The Morgan fingerprint density at radius 1 is 0.600 bits per heavy atom. The molecule has 0 aliphatic rings. The first-order valence-electron chi connectivity index (χ1n) is 15.9. The van der Waals surface area contributed by atoms with Crippen molar-refractivity contribution in [3.63, 3.8) is 0 Å². The van der Waals surface area contributed by atoms with Crippen molar-refractivity contribution in [3.8, 4) is 0 Å². The quantitative estimate of drug-likeness (QED) is 0.174. The molecule has 10 heteroatoms. The molecule has 2 rings (SSSR count). The monoisotopic (exact) mass is 624 g/mol. The molecule has 0 saturated heterocycles. The van der Waals surface area contributed by atoms with E-state index in [2.05, 4.69) is 21.3 Å². The van der Waals surface area contributed by atoms with Crippen LogP contribution in [0.25, 0.3) is 0 Å². The van der Waals surface area contributed by atoms with E-state index in [1.165, 1.54) is 0 Å². The Balaban J connectivity index is 1.97. The lowest BCUT2D eigenvalue weighted by Crippen LogP contribution is -2.45. The largest absolute Gasteiger partial charge is 0.444 e. The minimum absolute atomic E-state index is 0.294. The van der Waals surface area contributed by atoms with Crippen molar-refractivity contribution in [1.82, 2.24) is 10.6 Å². The smallest absolute Gasteiger partial charge is 0.408 e. The van der Waals surface area contributed by atoms with Gasteiger partial charge in [0.25, 0.3) is 0 Å². The van der Waals surface area contributed by atoms with Gasteiger partial charge in [-0.1, -0.05) is 63.8 Å². The number of alkyl carbamates (subject to hydrolysis) is 2. The average molecular weight is 625 g/mol. The van der Waals surface area contributed by atoms with Crippen LogP contribution >= 0.6 is 0 Å². The number of ether oxygens (including phenoxy) is 2. The zero-order valence-electron chi connectivity index (χ0n) is 28.2. The molecule has 4 amide bonds. The van der Waals surface area contributed by atoms with E-state index >= 15 is 0 Å². The van der Waals surface area contributed by atoms with Crippen LogP contribution in [0.3, 0.4) is 0 Å². The molecule has 0 bridgehead atoms. The third kappa shape index (κ3) is 15.0. The molecule has 0 saturated carbocycles. The number of benzene rings is 2. The number of carbonyl (C=O) groups is 4. The van der Waals surface area contributed by atoms with E-state index in [-0.39, 0.29) is 11.8 Å². The Bertz CT molecular complexity index is 1150. The number of carbonyl (C=O) groups excluding carboxylic acids is 4. The van der Waals surface area contributed by atoms with E-state index in [0.717, 1.165) is 36.8 Å². The second-order valence-corrected chi connectivity index (χ2v) is 13.2. The van der Waals surface area contributed by atoms with E-state index in [0.29, 0.717) is 30.6 Å². The lowest BCUT2D eigenvalue weighted by Gasteiger charge is -2.23. The Morgan fingerprint density at radius 2 is 0.933 bits per heavy atom. The van der Waals surface area contributed by atoms with Gasteiger partial charge in [-0.05, 0) is 96.2 Å². The highest BCUT2D eigenvalue weighted by molar-refractivity contribution is 5.97. The van der Waals surface area contributed by atoms with Gasteiger partial charge in [-0.3, -0.25) is 9.59 Å². The topological polar surface area (TPSA) is 135 Å². The van der Waals surface area contributed by atoms with Gasteiger partial charge in [0.1, 0.15) is 23.3 Å². The summed E-state index contributed by atoms with van der Waals surface area (Å²) in [5, 5.41) is 11.2. The van der Waals surface area contributed by atoms with Crippen molar-refractivity contribution in [2.24, 2.45) is 0 Å². The number of anilines is 2. The number of hydrogen-bond acceptors (Lipinski definition) is 6. The highest BCUT2D eigenvalue weighted by Crippen LogP contribution is 2.18. The lowest BCUT2D eigenvalue weighted by molar-refractivity contribution is -0.119. The predicted octanol–water partition coefficient (Wildman–Crippen LogP) is 7.32. The molecule has 4 N–H and O–H groups in total. The Labute approximate surface area is 268 Å². The molecule has 2 atom stereocenters. The second-order valence-electron chi connectivity index (χ2n) is 13.2. The average Bonchev–Trinajstić information content (AvgIpc) is 2.93. The molecule has 0 aromatic heterocycles. The molecule has 2 aromatic carbocycles. The second kappa shape index (κ2) is 17.4. The number of amides is 4. The minimum atomic E-state index is -0.700. The standard InChI is InChI=1S/C35H52N4O6/c1-9-11-13-28(38-32(42)44-34(3,4)5)30(40)36-26-19-15-24(16-20-26)23-25-17-21-27(22-18-25)37-31(41)29(14-12-10-2)39-33(43)45-35(6,7)8/h15-22,28-29H,9-14,23H2,1-8H3,(H,36,40)(H,37,41)(H,38,42)(H,39,43)/t28-,29-/m0/s1. The summed E-state index contributed by atoms with van der Waals surface area (Å²) >= 11 is 0. The van der Waals surface area contributed by atoms with E-state index in [9.17, 15) is 19.2 Å². The number of rotatable bonds is 14. The molecule has 0 spiro atoms. The molecule has 0 heterocycles. The molecule has 2 aromatic rings. The van der Waals surface area contributed by atoms with Crippen molar-refractivity contribution in [2.75, 3.05) is 10.6 Å². The molecule has 0 fully saturated rings. The highest BCUT2D eigenvalue weighted by Gasteiger charge is 2.25. The first-order valence-corrected chi connectivity index (χ1v) is 15.9. The summed E-state index contributed by atoms with van der Waals surface area (Å²) in [4.78, 5) is 50.5. The lowest BCUT2D eigenvalue weighted by atomic mass is 10.0. The fraction of sp³-hybridized carbons (Fsp3) is 0.543. The van der Waals surface area contributed by atoms with Crippen LogP contribution in [0, 0.1) is 0 Å². The van der Waals surface area contributed by atoms with Gasteiger partial charge in [-0.15, -0.1) is 0 Å². The van der Waals surface area contributed by atoms with Crippen molar-refractivity contribution < 1.29 is 28.7 Å². The summed E-state index contributed by atoms with van der Waals surface area (Å²) < 4.78 is 10.7. The fourth-order valence-electron chi connectivity index (χ4n) is 4.36. The maximum absolute atomic E-state index is 13.0. The van der Waals surface area contributed by atoms with Crippen LogP contribution in [0.15, 0.2) is 48.5 Å². The first-order chi connectivity index (χ1) is 21.1. The van der Waals surface area contributed by atoms with Gasteiger partial charge in [0.2, 0.25) is 11.8 Å². The number of nitrogens with one attached hydrogen (secondary N) is 4. The SMILES string of the molecule is CCCC[C@H](NC(=O)OC(C)(C)C)C(=O)Nc1ccc(Cc2ccc(NC(=O)[C@H](CCCC)NC(=O)OC(C)(C)C)cc2)cc1. The summed E-state index contributed by atoms with van der Waals surface area (Å²) in [6.45, 7) is 14.7. The molecule has 0 unspecified atom stereocenters. The summed E-state index contributed by atoms with van der Waals surface area (Å²) in [7, 11) is 0. The zero-order valence-corrected chi connectivity index (χ0v) is 28.2. The van der Waals surface area contributed by atoms with Crippen LogP contribution < -0.4 is 21.3 Å². The van der Waals surface area contributed by atoms with E-state index < -0.39 is 35.5 Å². The molecule has 0 radical (unpaired) electrons. The molecular weight excluding hydrogens is 572 g/mol. The maximum Gasteiger partial charge on any atom is 0.408 e.